The van der Waals surface area contributed by atoms with E-state index in [1.54, 1.807) is 17.8 Å². The van der Waals surface area contributed by atoms with Crippen LogP contribution in [0.4, 0.5) is 0 Å². The van der Waals surface area contributed by atoms with E-state index in [-0.39, 0.29) is 23.4 Å². The van der Waals surface area contributed by atoms with Gasteiger partial charge in [-0.05, 0) is 13.8 Å². The average Bonchev–Trinajstić information content (AvgIpc) is 2.74. The van der Waals surface area contributed by atoms with E-state index in [4.69, 9.17) is 4.74 Å². The third kappa shape index (κ3) is 1.91. The Bertz CT molecular complexity index is 614. The van der Waals surface area contributed by atoms with Crippen molar-refractivity contribution in [2.24, 2.45) is 0 Å². The molecule has 0 radical (unpaired) electrons. The molecule has 90 valence electrons. The van der Waals surface area contributed by atoms with Crippen LogP contribution >= 0.6 is 0 Å². The lowest BCUT2D eigenvalue weighted by molar-refractivity contribution is 0.0520. The van der Waals surface area contributed by atoms with E-state index in [9.17, 15) is 9.59 Å². The zero-order valence-electron chi connectivity index (χ0n) is 9.56. The van der Waals surface area contributed by atoms with E-state index in [1.165, 1.54) is 0 Å². The number of ether oxygens (including phenoxy) is 1. The van der Waals surface area contributed by atoms with Gasteiger partial charge in [-0.1, -0.05) is 0 Å². The molecule has 1 N–H and O–H groups in total. The van der Waals surface area contributed by atoms with Gasteiger partial charge >= 0.3 is 5.97 Å². The first-order valence-corrected chi connectivity index (χ1v) is 5.30. The number of esters is 1. The molecule has 0 atom stereocenters. The largest absolute Gasteiger partial charge is 0.461 e. The van der Waals surface area contributed by atoms with Crippen molar-refractivity contribution < 1.29 is 9.53 Å². The predicted octanol–water partition coefficient (Wildman–Crippen LogP) is 0.316. The van der Waals surface area contributed by atoms with Crippen LogP contribution in [-0.2, 0) is 11.3 Å². The lowest BCUT2D eigenvalue weighted by atomic mass is 10.3. The molecule has 2 rings (SSSR count). The summed E-state index contributed by atoms with van der Waals surface area (Å²) in [5.41, 5.74) is -0.0598. The summed E-state index contributed by atoms with van der Waals surface area (Å²) in [7, 11) is 0. The molecule has 0 saturated carbocycles. The number of nitrogens with one attached hydrogen (secondary N) is 1. The molecule has 0 unspecified atom stereocenters. The number of aromatic nitrogens is 4. The highest BCUT2D eigenvalue weighted by Crippen LogP contribution is 2.11. The number of nitrogens with zero attached hydrogens (tertiary/aromatic N) is 3. The van der Waals surface area contributed by atoms with Gasteiger partial charge in [-0.3, -0.25) is 9.48 Å². The Morgan fingerprint density at radius 3 is 2.94 bits per heavy atom. The first kappa shape index (κ1) is 11.3. The number of aryl methyl sites for hydroxylation is 1. The number of H-pyrrole nitrogens is 1. The van der Waals surface area contributed by atoms with Crippen molar-refractivity contribution >= 4 is 16.9 Å². The summed E-state index contributed by atoms with van der Waals surface area (Å²) in [6, 6.07) is 0. The minimum absolute atomic E-state index is 0.0358. The summed E-state index contributed by atoms with van der Waals surface area (Å²) in [6.45, 7) is 4.44. The highest BCUT2D eigenvalue weighted by Gasteiger charge is 2.18. The number of hydrogen-bond acceptors (Lipinski definition) is 5. The van der Waals surface area contributed by atoms with Crippen LogP contribution in [0.3, 0.4) is 0 Å². The van der Waals surface area contributed by atoms with Crippen LogP contribution in [0.1, 0.15) is 24.3 Å². The van der Waals surface area contributed by atoms with Crippen molar-refractivity contribution in [3.63, 3.8) is 0 Å². The Hall–Kier alpha value is -2.18. The average molecular weight is 236 g/mol. The van der Waals surface area contributed by atoms with E-state index in [0.29, 0.717) is 11.9 Å². The van der Waals surface area contributed by atoms with Crippen LogP contribution in [-0.4, -0.2) is 32.6 Å². The van der Waals surface area contributed by atoms with Gasteiger partial charge < -0.3 is 4.74 Å². The standard InChI is InChI=1S/C10H12N4O3/c1-3-14-5-6-7(13-14)8(10(16)17-4-2)11-12-9(6)15/h5H,3-4H2,1-2H3,(H,12,15). The molecule has 0 saturated heterocycles. The van der Waals surface area contributed by atoms with Gasteiger partial charge in [0.15, 0.2) is 5.69 Å². The third-order valence-electron chi connectivity index (χ3n) is 2.29. The number of carbonyl (C=O) groups excluding carboxylic acids is 1. The number of fused-ring (bicyclic) bond motifs is 1. The maximum absolute atomic E-state index is 11.6. The summed E-state index contributed by atoms with van der Waals surface area (Å²) >= 11 is 0. The maximum atomic E-state index is 11.6. The van der Waals surface area contributed by atoms with Crippen LogP contribution < -0.4 is 5.56 Å². The Morgan fingerprint density at radius 2 is 2.29 bits per heavy atom. The Kier molecular flexibility index (Phi) is 2.90. The number of aromatic amines is 1. The topological polar surface area (TPSA) is 89.9 Å². The minimum atomic E-state index is -0.588. The first-order chi connectivity index (χ1) is 8.17. The number of carbonyl (C=O) groups is 1. The molecule has 2 aromatic rings. The fourth-order valence-corrected chi connectivity index (χ4v) is 1.49. The van der Waals surface area contributed by atoms with Crippen molar-refractivity contribution in [3.05, 3.63) is 22.2 Å². The molecular weight excluding hydrogens is 224 g/mol. The molecule has 0 aliphatic rings. The lowest BCUT2D eigenvalue weighted by Crippen LogP contribution is -2.15. The van der Waals surface area contributed by atoms with Crippen LogP contribution in [0.5, 0.6) is 0 Å². The molecular formula is C10H12N4O3. The van der Waals surface area contributed by atoms with Crippen molar-refractivity contribution in [2.75, 3.05) is 6.61 Å². The Balaban J connectivity index is 2.64. The normalized spacial score (nSPS) is 10.7. The Morgan fingerprint density at radius 1 is 1.53 bits per heavy atom. The molecule has 2 aromatic heterocycles. The highest BCUT2D eigenvalue weighted by atomic mass is 16.5. The van der Waals surface area contributed by atoms with E-state index >= 15 is 0 Å². The summed E-state index contributed by atoms with van der Waals surface area (Å²) in [5, 5.41) is 10.4. The first-order valence-electron chi connectivity index (χ1n) is 5.30. The third-order valence-corrected chi connectivity index (χ3v) is 2.29. The molecule has 0 fully saturated rings. The van der Waals surface area contributed by atoms with Crippen LogP contribution in [0, 0.1) is 0 Å². The van der Waals surface area contributed by atoms with Crippen LogP contribution in [0.25, 0.3) is 10.9 Å². The summed E-state index contributed by atoms with van der Waals surface area (Å²) in [6.07, 6.45) is 1.58. The quantitative estimate of drug-likeness (QED) is 0.775. The molecule has 0 aliphatic carbocycles. The van der Waals surface area contributed by atoms with Crippen LogP contribution in [0.2, 0.25) is 0 Å². The fraction of sp³-hybridized carbons (Fsp3) is 0.400. The maximum Gasteiger partial charge on any atom is 0.361 e. The SMILES string of the molecule is CCOC(=O)c1n[nH]c(=O)c2cn(CC)nc12. The van der Waals surface area contributed by atoms with Gasteiger partial charge in [0.05, 0.1) is 12.0 Å². The van der Waals surface area contributed by atoms with Gasteiger partial charge in [-0.2, -0.15) is 10.2 Å². The Labute approximate surface area is 96.4 Å². The second-order valence-electron chi connectivity index (χ2n) is 3.37. The molecule has 0 amide bonds. The molecule has 2 heterocycles. The zero-order chi connectivity index (χ0) is 12.4. The molecule has 7 heteroatoms. The van der Waals surface area contributed by atoms with Gasteiger partial charge in [0.25, 0.3) is 5.56 Å². The van der Waals surface area contributed by atoms with E-state index in [2.05, 4.69) is 15.3 Å². The zero-order valence-corrected chi connectivity index (χ0v) is 9.56. The van der Waals surface area contributed by atoms with Crippen LogP contribution in [0.15, 0.2) is 11.0 Å². The van der Waals surface area contributed by atoms with Gasteiger partial charge in [0, 0.05) is 12.7 Å². The molecule has 0 spiro atoms. The van der Waals surface area contributed by atoms with Crippen molar-refractivity contribution in [3.8, 4) is 0 Å². The van der Waals surface area contributed by atoms with E-state index in [0.717, 1.165) is 0 Å². The molecule has 0 aliphatic heterocycles. The molecule has 0 bridgehead atoms. The van der Waals surface area contributed by atoms with E-state index in [1.807, 2.05) is 6.92 Å². The number of hydrogen-bond donors (Lipinski definition) is 1. The smallest absolute Gasteiger partial charge is 0.361 e. The predicted molar refractivity (Wildman–Crippen MR) is 59.8 cm³/mol. The minimum Gasteiger partial charge on any atom is -0.461 e. The van der Waals surface area contributed by atoms with Crippen molar-refractivity contribution in [1.82, 2.24) is 20.0 Å². The van der Waals surface area contributed by atoms with Crippen molar-refractivity contribution in [1.29, 1.82) is 0 Å². The van der Waals surface area contributed by atoms with Gasteiger partial charge in [-0.15, -0.1) is 0 Å². The fourth-order valence-electron chi connectivity index (χ4n) is 1.49. The van der Waals surface area contributed by atoms with Crippen molar-refractivity contribution in [2.45, 2.75) is 20.4 Å². The monoisotopic (exact) mass is 236 g/mol. The summed E-state index contributed by atoms with van der Waals surface area (Å²) in [5.74, 6) is -0.588. The molecule has 7 nitrogen and oxygen atoms in total. The molecule has 17 heavy (non-hydrogen) atoms. The van der Waals surface area contributed by atoms with E-state index < -0.39 is 5.97 Å². The summed E-state index contributed by atoms with van der Waals surface area (Å²) < 4.78 is 6.42. The molecule has 0 aromatic carbocycles. The summed E-state index contributed by atoms with van der Waals surface area (Å²) in [4.78, 5) is 23.1. The van der Waals surface area contributed by atoms with Gasteiger partial charge in [-0.25, -0.2) is 9.89 Å². The lowest BCUT2D eigenvalue weighted by Gasteiger charge is -2.00. The second-order valence-corrected chi connectivity index (χ2v) is 3.37. The van der Waals surface area contributed by atoms with Gasteiger partial charge in [0.1, 0.15) is 5.52 Å². The van der Waals surface area contributed by atoms with Gasteiger partial charge in [0.2, 0.25) is 0 Å². The number of rotatable bonds is 3. The second kappa shape index (κ2) is 4.36. The highest BCUT2D eigenvalue weighted by molar-refractivity contribution is 5.99.